The summed E-state index contributed by atoms with van der Waals surface area (Å²) in [5.74, 6) is 1.47. The van der Waals surface area contributed by atoms with Crippen LogP contribution in [-0.4, -0.2) is 16.8 Å². The third-order valence-electron chi connectivity index (χ3n) is 10.6. The van der Waals surface area contributed by atoms with E-state index in [4.69, 9.17) is 9.31 Å². The van der Waals surface area contributed by atoms with Gasteiger partial charge in [0.25, 0.3) is 0 Å². The fourth-order valence-electron chi connectivity index (χ4n) is 8.10. The molecule has 0 amide bonds. The highest BCUT2D eigenvalue weighted by Gasteiger charge is 2.22. The van der Waals surface area contributed by atoms with Gasteiger partial charge in [0.05, 0.1) is 22.4 Å². The molecule has 4 nitrogen and oxygen atoms in total. The average Bonchev–Trinajstić information content (AvgIpc) is 3.82. The molecular formula is C52H37BN2O2. The lowest BCUT2D eigenvalue weighted by molar-refractivity contribution is 0.459. The summed E-state index contributed by atoms with van der Waals surface area (Å²) in [6.07, 6.45) is 0. The second-order valence-corrected chi connectivity index (χ2v) is 14.0. The molecule has 0 aliphatic heterocycles. The summed E-state index contributed by atoms with van der Waals surface area (Å²) in [7, 11) is 0.0818. The lowest BCUT2D eigenvalue weighted by Gasteiger charge is -2.15. The molecule has 0 aliphatic rings. The van der Waals surface area contributed by atoms with Gasteiger partial charge in [0.1, 0.15) is 11.5 Å². The number of hydrogen-bond donors (Lipinski definition) is 0. The lowest BCUT2D eigenvalue weighted by Crippen LogP contribution is -2.11. The summed E-state index contributed by atoms with van der Waals surface area (Å²) < 4.78 is 17.0. The van der Waals surface area contributed by atoms with E-state index in [0.717, 1.165) is 56.4 Å². The number of hydrogen-bond acceptors (Lipinski definition) is 2. The van der Waals surface area contributed by atoms with Gasteiger partial charge in [0.2, 0.25) is 0 Å². The molecule has 0 N–H and O–H groups in total. The molecular weight excluding hydrogens is 695 g/mol. The first-order chi connectivity index (χ1) is 28.3. The molecule has 0 spiro atoms. The molecule has 0 atom stereocenters. The summed E-state index contributed by atoms with van der Waals surface area (Å²) in [6.45, 7) is 0. The highest BCUT2D eigenvalue weighted by molar-refractivity contribution is 6.20. The van der Waals surface area contributed by atoms with Crippen molar-refractivity contribution in [1.29, 1.82) is 0 Å². The molecule has 270 valence electrons. The number of benzene rings is 8. The van der Waals surface area contributed by atoms with Gasteiger partial charge < -0.3 is 18.4 Å². The molecule has 10 aromatic rings. The third-order valence-corrected chi connectivity index (χ3v) is 10.6. The predicted octanol–water partition coefficient (Wildman–Crippen LogP) is 13.0. The predicted molar refractivity (Wildman–Crippen MR) is 237 cm³/mol. The Labute approximate surface area is 332 Å². The quantitative estimate of drug-likeness (QED) is 0.131. The molecule has 10 rings (SSSR count). The Bertz CT molecular complexity index is 2740. The zero-order chi connectivity index (χ0) is 38.0. The van der Waals surface area contributed by atoms with Crippen molar-refractivity contribution in [2.75, 3.05) is 0 Å². The summed E-state index contributed by atoms with van der Waals surface area (Å²) in [5, 5.41) is 2.42. The molecule has 0 saturated carbocycles. The minimum Gasteiger partial charge on any atom is -0.529 e. The van der Waals surface area contributed by atoms with Crippen LogP contribution in [0.4, 0.5) is 0 Å². The number of fused-ring (bicyclic) bond motifs is 2. The first-order valence-electron chi connectivity index (χ1n) is 19.3. The van der Waals surface area contributed by atoms with Gasteiger partial charge in [0.15, 0.2) is 0 Å². The van der Waals surface area contributed by atoms with Crippen LogP contribution in [0, 0.1) is 0 Å². The highest BCUT2D eigenvalue weighted by atomic mass is 16.6. The van der Waals surface area contributed by atoms with E-state index in [2.05, 4.69) is 203 Å². The number of para-hydroxylation sites is 2. The van der Waals surface area contributed by atoms with E-state index in [1.54, 1.807) is 0 Å². The van der Waals surface area contributed by atoms with Crippen LogP contribution in [-0.2, 0) is 0 Å². The van der Waals surface area contributed by atoms with Crippen LogP contribution in [0.1, 0.15) is 0 Å². The zero-order valence-electron chi connectivity index (χ0n) is 31.2. The Hall–Kier alpha value is -7.50. The second-order valence-electron chi connectivity index (χ2n) is 14.0. The molecule has 0 unspecified atom stereocenters. The molecule has 5 heteroatoms. The van der Waals surface area contributed by atoms with Crippen LogP contribution in [0.25, 0.3) is 77.9 Å². The first kappa shape index (κ1) is 34.0. The average molecular weight is 733 g/mol. The van der Waals surface area contributed by atoms with Crippen molar-refractivity contribution < 1.29 is 9.31 Å². The number of rotatable bonds is 10. The van der Waals surface area contributed by atoms with Gasteiger partial charge in [-0.1, -0.05) is 158 Å². The van der Waals surface area contributed by atoms with Gasteiger partial charge in [-0.25, -0.2) is 0 Å². The molecule has 2 aromatic heterocycles. The van der Waals surface area contributed by atoms with E-state index in [1.165, 1.54) is 33.0 Å². The van der Waals surface area contributed by atoms with Crippen molar-refractivity contribution in [3.05, 3.63) is 218 Å². The Morgan fingerprint density at radius 3 is 0.982 bits per heavy atom. The minimum atomic E-state index is 0.0818. The Morgan fingerprint density at radius 2 is 0.614 bits per heavy atom. The summed E-state index contributed by atoms with van der Waals surface area (Å²) >= 11 is 0. The van der Waals surface area contributed by atoms with Crippen molar-refractivity contribution in [3.8, 4) is 67.6 Å². The van der Waals surface area contributed by atoms with Crippen molar-refractivity contribution in [2.45, 2.75) is 0 Å². The van der Waals surface area contributed by atoms with Crippen molar-refractivity contribution in [1.82, 2.24) is 9.13 Å². The van der Waals surface area contributed by atoms with E-state index in [-0.39, 0.29) is 7.69 Å². The Morgan fingerprint density at radius 1 is 0.298 bits per heavy atom. The van der Waals surface area contributed by atoms with Gasteiger partial charge in [-0.15, -0.1) is 0 Å². The first-order valence-corrected chi connectivity index (χ1v) is 19.3. The smallest absolute Gasteiger partial charge is 0.529 e. The number of aromatic nitrogens is 2. The summed E-state index contributed by atoms with van der Waals surface area (Å²) in [5.41, 5.74) is 13.8. The molecule has 0 radical (unpaired) electrons. The summed E-state index contributed by atoms with van der Waals surface area (Å²) in [4.78, 5) is 0. The molecule has 0 aliphatic carbocycles. The lowest BCUT2D eigenvalue weighted by atomic mass is 9.98. The van der Waals surface area contributed by atoms with Gasteiger partial charge in [-0.05, 0) is 82.9 Å². The second kappa shape index (κ2) is 15.0. The summed E-state index contributed by atoms with van der Waals surface area (Å²) in [6, 6.07) is 76.4. The molecule has 0 fully saturated rings. The number of nitrogens with zero attached hydrogens (tertiary/aromatic N) is 2. The van der Waals surface area contributed by atoms with Crippen molar-refractivity contribution >= 4 is 29.5 Å². The topological polar surface area (TPSA) is 28.3 Å². The fraction of sp³-hybridized carbons (Fsp3) is 0. The minimum absolute atomic E-state index is 0.0818. The van der Waals surface area contributed by atoms with Crippen molar-refractivity contribution in [3.63, 3.8) is 0 Å². The normalized spacial score (nSPS) is 11.2. The highest BCUT2D eigenvalue weighted by Crippen LogP contribution is 2.44. The molecule has 0 saturated heterocycles. The van der Waals surface area contributed by atoms with E-state index in [0.29, 0.717) is 0 Å². The van der Waals surface area contributed by atoms with Crippen LogP contribution in [0.5, 0.6) is 11.5 Å². The largest absolute Gasteiger partial charge is 0.576 e. The molecule has 2 heterocycles. The van der Waals surface area contributed by atoms with Crippen LogP contribution in [0.15, 0.2) is 218 Å². The van der Waals surface area contributed by atoms with E-state index >= 15 is 0 Å². The van der Waals surface area contributed by atoms with Gasteiger partial charge in [-0.3, -0.25) is 0 Å². The SMILES string of the molecule is B(Oc1ccc(-n2c(-c3ccccc3)c(-c3ccccc3)c3ccccc32)cc1)Oc1ccc(-n2c(-c3ccccc3)c(-c3ccccc3)c3ccccc32)cc1. The van der Waals surface area contributed by atoms with Gasteiger partial charge >= 0.3 is 7.69 Å². The molecule has 8 aromatic carbocycles. The monoisotopic (exact) mass is 732 g/mol. The van der Waals surface area contributed by atoms with Crippen LogP contribution >= 0.6 is 0 Å². The Balaban J connectivity index is 0.924. The third kappa shape index (κ3) is 6.35. The fourth-order valence-corrected chi connectivity index (χ4v) is 8.10. The molecule has 57 heavy (non-hydrogen) atoms. The zero-order valence-corrected chi connectivity index (χ0v) is 31.2. The van der Waals surface area contributed by atoms with E-state index in [9.17, 15) is 0 Å². The van der Waals surface area contributed by atoms with Gasteiger partial charge in [-0.2, -0.15) is 0 Å². The van der Waals surface area contributed by atoms with Gasteiger partial charge in [0, 0.05) is 33.3 Å². The Kier molecular flexibility index (Phi) is 8.94. The maximum atomic E-state index is 6.14. The van der Waals surface area contributed by atoms with Crippen LogP contribution in [0.3, 0.4) is 0 Å². The van der Waals surface area contributed by atoms with E-state index in [1.807, 2.05) is 24.3 Å². The maximum absolute atomic E-state index is 6.14. The van der Waals surface area contributed by atoms with Crippen LogP contribution in [0.2, 0.25) is 0 Å². The maximum Gasteiger partial charge on any atom is 0.576 e. The molecule has 0 bridgehead atoms. The standard InChI is InChI=1S/C52H37BN2O2/c1-5-17-37(18-6-1)49-45-25-13-15-27-47(45)54(51(49)39-21-9-3-10-22-39)41-29-33-43(34-30-41)56-53-57-44-35-31-42(32-36-44)55-48-28-16-14-26-46(48)50(38-19-7-2-8-20-38)52(55)40-23-11-4-12-24-40/h1-36,53H. The van der Waals surface area contributed by atoms with Crippen molar-refractivity contribution in [2.24, 2.45) is 0 Å². The van der Waals surface area contributed by atoms with E-state index < -0.39 is 0 Å². The van der Waals surface area contributed by atoms with Crippen LogP contribution < -0.4 is 9.31 Å².